The van der Waals surface area contributed by atoms with Crippen LogP contribution in [-0.2, 0) is 4.84 Å². The Balaban J connectivity index is 2.81. The Bertz CT molecular complexity index is 426. The van der Waals surface area contributed by atoms with Crippen molar-refractivity contribution in [3.63, 3.8) is 0 Å². The number of amides is 2. The molecular formula is C9H10ClN3O4. The van der Waals surface area contributed by atoms with E-state index in [0.29, 0.717) is 4.58 Å². The molecule has 1 aromatic rings. The highest BCUT2D eigenvalue weighted by atomic mass is 35.5. The van der Waals surface area contributed by atoms with Crippen molar-refractivity contribution in [2.75, 3.05) is 11.9 Å². The molecule has 1 rings (SSSR count). The maximum Gasteiger partial charge on any atom is 0.361 e. The fraction of sp³-hybridized carbons (Fsp3) is 0.222. The van der Waals surface area contributed by atoms with Crippen molar-refractivity contribution in [2.45, 2.75) is 6.92 Å². The molecule has 8 heteroatoms. The lowest BCUT2D eigenvalue weighted by Gasteiger charge is -2.12. The summed E-state index contributed by atoms with van der Waals surface area (Å²) in [6.07, 6.45) is 0. The third-order valence-electron chi connectivity index (χ3n) is 1.74. The number of benzene rings is 1. The van der Waals surface area contributed by atoms with Crippen LogP contribution in [-0.4, -0.2) is 22.1 Å². The first-order valence-corrected chi connectivity index (χ1v) is 5.03. The Morgan fingerprint density at radius 1 is 1.59 bits per heavy atom. The third kappa shape index (κ3) is 3.58. The van der Waals surface area contributed by atoms with Crippen LogP contribution in [0.5, 0.6) is 0 Å². The number of urea groups is 1. The smallest absolute Gasteiger partial charge is 0.299 e. The normalized spacial score (nSPS) is 9.76. The van der Waals surface area contributed by atoms with Crippen LogP contribution >= 0.6 is 11.8 Å². The van der Waals surface area contributed by atoms with E-state index in [1.165, 1.54) is 18.2 Å². The summed E-state index contributed by atoms with van der Waals surface area (Å²) in [6, 6.07) is 4.92. The molecule has 2 amide bonds. The van der Waals surface area contributed by atoms with E-state index >= 15 is 0 Å². The second-order valence-corrected chi connectivity index (χ2v) is 3.17. The van der Waals surface area contributed by atoms with Gasteiger partial charge in [-0.2, -0.15) is 0 Å². The zero-order valence-electron chi connectivity index (χ0n) is 8.92. The van der Waals surface area contributed by atoms with Gasteiger partial charge in [0.25, 0.3) is 5.69 Å². The first-order chi connectivity index (χ1) is 8.06. The van der Waals surface area contributed by atoms with Crippen LogP contribution < -0.4 is 5.32 Å². The molecule has 0 aliphatic heterocycles. The van der Waals surface area contributed by atoms with Gasteiger partial charge >= 0.3 is 6.03 Å². The second-order valence-electron chi connectivity index (χ2n) is 2.87. The Morgan fingerprint density at radius 2 is 2.24 bits per heavy atom. The summed E-state index contributed by atoms with van der Waals surface area (Å²) in [4.78, 5) is 26.2. The summed E-state index contributed by atoms with van der Waals surface area (Å²) in [6.45, 7) is 1.85. The summed E-state index contributed by atoms with van der Waals surface area (Å²) in [5.41, 5.74) is -0.171. The van der Waals surface area contributed by atoms with Crippen LogP contribution in [0.15, 0.2) is 24.3 Å². The molecular weight excluding hydrogens is 250 g/mol. The van der Waals surface area contributed by atoms with E-state index < -0.39 is 11.0 Å². The molecule has 0 bridgehead atoms. The molecule has 0 saturated heterocycles. The molecule has 0 atom stereocenters. The summed E-state index contributed by atoms with van der Waals surface area (Å²) < 4.78 is 0.455. The van der Waals surface area contributed by atoms with Crippen molar-refractivity contribution >= 4 is 29.2 Å². The number of nitrogens with zero attached hydrogens (tertiary/aromatic N) is 2. The van der Waals surface area contributed by atoms with Crippen molar-refractivity contribution in [1.29, 1.82) is 0 Å². The minimum Gasteiger partial charge on any atom is -0.299 e. The molecule has 0 saturated carbocycles. The minimum absolute atomic E-state index is 0.0489. The summed E-state index contributed by atoms with van der Waals surface area (Å²) >= 11 is 5.44. The van der Waals surface area contributed by atoms with Gasteiger partial charge in [-0.15, -0.1) is 4.58 Å². The number of hydrogen-bond donors (Lipinski definition) is 1. The number of nitro benzene ring substituents is 1. The lowest BCUT2D eigenvalue weighted by Crippen LogP contribution is -2.27. The quantitative estimate of drug-likeness (QED) is 0.511. The standard InChI is InChI=1S/C9H10ClN3O4/c1-2-17-12(10)9(14)11-7-5-3-4-6-8(7)13(15)16/h3-6H,2H2,1H3,(H,11,14). The van der Waals surface area contributed by atoms with Crippen molar-refractivity contribution < 1.29 is 14.6 Å². The second kappa shape index (κ2) is 6.02. The lowest BCUT2D eigenvalue weighted by atomic mass is 10.3. The van der Waals surface area contributed by atoms with Gasteiger partial charge in [-0.25, -0.2) is 4.79 Å². The maximum atomic E-state index is 11.4. The van der Waals surface area contributed by atoms with Crippen LogP contribution in [0.1, 0.15) is 6.92 Å². The van der Waals surface area contributed by atoms with Gasteiger partial charge in [-0.1, -0.05) is 12.1 Å². The Kier molecular flexibility index (Phi) is 4.68. The Hall–Kier alpha value is -1.86. The van der Waals surface area contributed by atoms with Crippen LogP contribution in [0.25, 0.3) is 0 Å². The highest BCUT2D eigenvalue weighted by molar-refractivity contribution is 6.21. The number of anilines is 1. The van der Waals surface area contributed by atoms with Crippen molar-refractivity contribution in [3.8, 4) is 0 Å². The van der Waals surface area contributed by atoms with Gasteiger partial charge in [0.15, 0.2) is 0 Å². The van der Waals surface area contributed by atoms with E-state index in [1.54, 1.807) is 13.0 Å². The molecule has 17 heavy (non-hydrogen) atoms. The fourth-order valence-electron chi connectivity index (χ4n) is 1.07. The molecule has 7 nitrogen and oxygen atoms in total. The van der Waals surface area contributed by atoms with E-state index in [0.717, 1.165) is 0 Å². The van der Waals surface area contributed by atoms with Crippen LogP contribution in [0, 0.1) is 10.1 Å². The van der Waals surface area contributed by atoms with Gasteiger partial charge in [-0.3, -0.25) is 20.3 Å². The minimum atomic E-state index is -0.803. The van der Waals surface area contributed by atoms with E-state index in [2.05, 4.69) is 5.32 Å². The van der Waals surface area contributed by atoms with Crippen LogP contribution in [0.3, 0.4) is 0 Å². The van der Waals surface area contributed by atoms with Gasteiger partial charge < -0.3 is 0 Å². The molecule has 0 unspecified atom stereocenters. The van der Waals surface area contributed by atoms with Gasteiger partial charge in [0.1, 0.15) is 5.69 Å². The predicted molar refractivity (Wildman–Crippen MR) is 61.4 cm³/mol. The van der Waals surface area contributed by atoms with Crippen LogP contribution in [0.2, 0.25) is 0 Å². The van der Waals surface area contributed by atoms with Gasteiger partial charge in [0, 0.05) is 17.8 Å². The van der Waals surface area contributed by atoms with Gasteiger partial charge in [0.2, 0.25) is 0 Å². The number of hydroxylamine groups is 1. The van der Waals surface area contributed by atoms with Crippen LogP contribution in [0.4, 0.5) is 16.2 Å². The van der Waals surface area contributed by atoms with Gasteiger partial charge in [-0.05, 0) is 13.0 Å². The van der Waals surface area contributed by atoms with Gasteiger partial charge in [0.05, 0.1) is 11.5 Å². The number of nitrogens with one attached hydrogen (secondary N) is 1. The summed E-state index contributed by atoms with van der Waals surface area (Å²) in [5.74, 6) is 0. The zero-order chi connectivity index (χ0) is 12.8. The van der Waals surface area contributed by atoms with Crippen molar-refractivity contribution in [1.82, 2.24) is 4.58 Å². The SMILES string of the molecule is CCON(Cl)C(=O)Nc1ccccc1[N+](=O)[O-]. The third-order valence-corrected chi connectivity index (χ3v) is 2.00. The van der Waals surface area contributed by atoms with Crippen molar-refractivity contribution in [3.05, 3.63) is 34.4 Å². The van der Waals surface area contributed by atoms with Crippen molar-refractivity contribution in [2.24, 2.45) is 0 Å². The average Bonchev–Trinajstić information content (AvgIpc) is 2.29. The average molecular weight is 260 g/mol. The number of carbonyl (C=O) groups excluding carboxylic acids is 1. The van der Waals surface area contributed by atoms with E-state index in [4.69, 9.17) is 16.6 Å². The number of halogens is 1. The largest absolute Gasteiger partial charge is 0.361 e. The number of carbonyl (C=O) groups is 1. The molecule has 0 aliphatic rings. The molecule has 0 heterocycles. The molecule has 0 radical (unpaired) electrons. The number of para-hydroxylation sites is 2. The van der Waals surface area contributed by atoms with E-state index in [-0.39, 0.29) is 18.0 Å². The van der Waals surface area contributed by atoms with E-state index in [9.17, 15) is 14.9 Å². The number of nitro groups is 1. The Labute approximate surface area is 102 Å². The fourth-order valence-corrected chi connectivity index (χ4v) is 1.21. The lowest BCUT2D eigenvalue weighted by molar-refractivity contribution is -0.383. The highest BCUT2D eigenvalue weighted by Crippen LogP contribution is 2.23. The first kappa shape index (κ1) is 13.2. The molecule has 1 N–H and O–H groups in total. The summed E-state index contributed by atoms with van der Waals surface area (Å²) in [7, 11) is 0. The zero-order valence-corrected chi connectivity index (χ0v) is 9.68. The maximum absolute atomic E-state index is 11.4. The molecule has 0 aromatic heterocycles. The van der Waals surface area contributed by atoms with E-state index in [1.807, 2.05) is 0 Å². The number of rotatable bonds is 4. The Morgan fingerprint density at radius 3 is 2.82 bits per heavy atom. The molecule has 1 aromatic carbocycles. The number of hydrogen-bond acceptors (Lipinski definition) is 4. The summed E-state index contributed by atoms with van der Waals surface area (Å²) in [5, 5.41) is 12.9. The molecule has 0 fully saturated rings. The predicted octanol–water partition coefficient (Wildman–Crippen LogP) is 2.53. The molecule has 0 aliphatic carbocycles. The molecule has 0 spiro atoms. The monoisotopic (exact) mass is 259 g/mol. The highest BCUT2D eigenvalue weighted by Gasteiger charge is 2.18. The molecule has 92 valence electrons. The topological polar surface area (TPSA) is 84.7 Å². The first-order valence-electron chi connectivity index (χ1n) is 4.69.